The van der Waals surface area contributed by atoms with Crippen LogP contribution in [0.15, 0.2) is 48.7 Å². The fourth-order valence-corrected chi connectivity index (χ4v) is 3.28. The van der Waals surface area contributed by atoms with Gasteiger partial charge in [0.2, 0.25) is 0 Å². The topological polar surface area (TPSA) is 65.5 Å². The standard InChI is InChI=1S/C22H22ClFN4O2/c1-13(28(4)22(30)26-14-9-10-19(24)18(23)11-14)17-12-25-20(21(29)27(2)3)16-8-6-5-7-15(16)17/h5-13H,1-4H3,(H,26,30)/t13-/m0/s1. The van der Waals surface area contributed by atoms with Gasteiger partial charge in [-0.25, -0.2) is 9.18 Å². The number of carbonyl (C=O) groups is 2. The summed E-state index contributed by atoms with van der Waals surface area (Å²) in [5.74, 6) is -0.744. The minimum Gasteiger partial charge on any atom is -0.343 e. The molecule has 0 saturated carbocycles. The van der Waals surface area contributed by atoms with Crippen LogP contribution < -0.4 is 5.32 Å². The molecule has 30 heavy (non-hydrogen) atoms. The quantitative estimate of drug-likeness (QED) is 0.639. The van der Waals surface area contributed by atoms with Gasteiger partial charge < -0.3 is 15.1 Å². The highest BCUT2D eigenvalue weighted by Crippen LogP contribution is 2.29. The molecule has 1 atom stereocenters. The predicted octanol–water partition coefficient (Wildman–Crippen LogP) is 4.95. The third kappa shape index (κ3) is 4.21. The molecule has 0 aliphatic carbocycles. The molecule has 3 rings (SSSR count). The first-order chi connectivity index (χ1) is 14.2. The highest BCUT2D eigenvalue weighted by Gasteiger charge is 2.22. The summed E-state index contributed by atoms with van der Waals surface area (Å²) < 4.78 is 13.3. The van der Waals surface area contributed by atoms with Crippen molar-refractivity contribution in [3.05, 3.63) is 70.8 Å². The Morgan fingerprint density at radius 2 is 1.77 bits per heavy atom. The predicted molar refractivity (Wildman–Crippen MR) is 116 cm³/mol. The fourth-order valence-electron chi connectivity index (χ4n) is 3.10. The number of hydrogen-bond acceptors (Lipinski definition) is 3. The molecule has 0 bridgehead atoms. The second-order valence-corrected chi connectivity index (χ2v) is 7.56. The van der Waals surface area contributed by atoms with Gasteiger partial charge in [0.1, 0.15) is 11.5 Å². The summed E-state index contributed by atoms with van der Waals surface area (Å²) in [4.78, 5) is 32.6. The lowest BCUT2D eigenvalue weighted by Gasteiger charge is -2.27. The normalized spacial score (nSPS) is 11.8. The highest BCUT2D eigenvalue weighted by atomic mass is 35.5. The Morgan fingerprint density at radius 1 is 1.10 bits per heavy atom. The molecular formula is C22H22ClFN4O2. The first-order valence-corrected chi connectivity index (χ1v) is 9.66. The van der Waals surface area contributed by atoms with Gasteiger partial charge in [-0.3, -0.25) is 9.78 Å². The molecule has 0 unspecified atom stereocenters. The van der Waals surface area contributed by atoms with E-state index in [2.05, 4.69) is 10.3 Å². The summed E-state index contributed by atoms with van der Waals surface area (Å²) in [6.45, 7) is 1.87. The lowest BCUT2D eigenvalue weighted by atomic mass is 9.99. The maximum Gasteiger partial charge on any atom is 0.322 e. The van der Waals surface area contributed by atoms with Crippen LogP contribution in [0.2, 0.25) is 5.02 Å². The lowest BCUT2D eigenvalue weighted by Crippen LogP contribution is -2.34. The zero-order valence-corrected chi connectivity index (χ0v) is 17.9. The van der Waals surface area contributed by atoms with Crippen molar-refractivity contribution >= 4 is 40.0 Å². The van der Waals surface area contributed by atoms with Crippen LogP contribution in [0.3, 0.4) is 0 Å². The molecule has 8 heteroatoms. The number of benzene rings is 2. The number of nitrogens with one attached hydrogen (secondary N) is 1. The number of aromatic nitrogens is 1. The van der Waals surface area contributed by atoms with Crippen molar-refractivity contribution < 1.29 is 14.0 Å². The molecule has 2 aromatic carbocycles. The largest absolute Gasteiger partial charge is 0.343 e. The van der Waals surface area contributed by atoms with Gasteiger partial charge in [0.05, 0.1) is 11.1 Å². The van der Waals surface area contributed by atoms with Gasteiger partial charge in [-0.15, -0.1) is 0 Å². The lowest BCUT2D eigenvalue weighted by molar-refractivity contribution is 0.0824. The first kappa shape index (κ1) is 21.5. The summed E-state index contributed by atoms with van der Waals surface area (Å²) >= 11 is 5.78. The Hall–Kier alpha value is -3.19. The number of nitrogens with zero attached hydrogens (tertiary/aromatic N) is 3. The van der Waals surface area contributed by atoms with E-state index in [1.165, 1.54) is 28.0 Å². The monoisotopic (exact) mass is 428 g/mol. The van der Waals surface area contributed by atoms with E-state index in [-0.39, 0.29) is 23.0 Å². The van der Waals surface area contributed by atoms with Gasteiger partial charge in [0.15, 0.2) is 0 Å². The van der Waals surface area contributed by atoms with Crippen molar-refractivity contribution in [1.82, 2.24) is 14.8 Å². The molecule has 3 amide bonds. The molecule has 1 heterocycles. The zero-order chi connectivity index (χ0) is 22.0. The van der Waals surface area contributed by atoms with Crippen LogP contribution in [-0.4, -0.2) is 47.9 Å². The maximum absolute atomic E-state index is 13.3. The van der Waals surface area contributed by atoms with E-state index in [4.69, 9.17) is 11.6 Å². The molecule has 0 spiro atoms. The number of halogens is 2. The van der Waals surface area contributed by atoms with Crippen molar-refractivity contribution in [2.24, 2.45) is 0 Å². The Bertz CT molecular complexity index is 1120. The summed E-state index contributed by atoms with van der Waals surface area (Å²) in [5, 5.41) is 4.20. The number of urea groups is 1. The van der Waals surface area contributed by atoms with Gasteiger partial charge in [0, 0.05) is 44.0 Å². The van der Waals surface area contributed by atoms with Crippen molar-refractivity contribution in [2.75, 3.05) is 26.5 Å². The van der Waals surface area contributed by atoms with Crippen molar-refractivity contribution in [3.63, 3.8) is 0 Å². The smallest absolute Gasteiger partial charge is 0.322 e. The molecule has 0 radical (unpaired) electrons. The van der Waals surface area contributed by atoms with Crippen molar-refractivity contribution in [3.8, 4) is 0 Å². The van der Waals surface area contributed by atoms with Crippen LogP contribution in [-0.2, 0) is 0 Å². The number of rotatable bonds is 4. The summed E-state index contributed by atoms with van der Waals surface area (Å²) in [6, 6.07) is 10.7. The van der Waals surface area contributed by atoms with Gasteiger partial charge in [-0.05, 0) is 30.5 Å². The van der Waals surface area contributed by atoms with Crippen LogP contribution in [0.5, 0.6) is 0 Å². The van der Waals surface area contributed by atoms with Gasteiger partial charge in [-0.1, -0.05) is 35.9 Å². The van der Waals surface area contributed by atoms with Crippen LogP contribution in [0.4, 0.5) is 14.9 Å². The molecule has 0 saturated heterocycles. The first-order valence-electron chi connectivity index (χ1n) is 9.29. The Kier molecular flexibility index (Phi) is 6.22. The summed E-state index contributed by atoms with van der Waals surface area (Å²) in [6.07, 6.45) is 1.63. The molecule has 1 N–H and O–H groups in total. The average molecular weight is 429 g/mol. The number of hydrogen-bond donors (Lipinski definition) is 1. The highest BCUT2D eigenvalue weighted by molar-refractivity contribution is 6.31. The molecule has 0 aliphatic heterocycles. The number of anilines is 1. The number of amides is 3. The second kappa shape index (κ2) is 8.67. The maximum atomic E-state index is 13.3. The molecule has 1 aromatic heterocycles. The van der Waals surface area contributed by atoms with Gasteiger partial charge in [0.25, 0.3) is 5.91 Å². The minimum absolute atomic E-state index is 0.0696. The number of fused-ring (bicyclic) bond motifs is 1. The van der Waals surface area contributed by atoms with Crippen LogP contribution in [0.25, 0.3) is 10.8 Å². The van der Waals surface area contributed by atoms with Crippen molar-refractivity contribution in [2.45, 2.75) is 13.0 Å². The van der Waals surface area contributed by atoms with Crippen molar-refractivity contribution in [1.29, 1.82) is 0 Å². The molecule has 3 aromatic rings. The zero-order valence-electron chi connectivity index (χ0n) is 17.1. The Morgan fingerprint density at radius 3 is 2.40 bits per heavy atom. The van der Waals surface area contributed by atoms with Gasteiger partial charge in [-0.2, -0.15) is 0 Å². The average Bonchev–Trinajstić information content (AvgIpc) is 2.73. The Balaban J connectivity index is 1.91. The van der Waals surface area contributed by atoms with E-state index < -0.39 is 5.82 Å². The third-order valence-corrected chi connectivity index (χ3v) is 5.25. The van der Waals surface area contributed by atoms with E-state index in [9.17, 15) is 14.0 Å². The molecule has 0 fully saturated rings. The Labute approximate surface area is 179 Å². The summed E-state index contributed by atoms with van der Waals surface area (Å²) in [5.41, 5.74) is 1.55. The van der Waals surface area contributed by atoms with Gasteiger partial charge >= 0.3 is 6.03 Å². The fraction of sp³-hybridized carbons (Fsp3) is 0.227. The SMILES string of the molecule is C[C@@H](c1cnc(C(=O)N(C)C)c2ccccc12)N(C)C(=O)Nc1ccc(F)c(Cl)c1. The summed E-state index contributed by atoms with van der Waals surface area (Å²) in [7, 11) is 5.00. The number of carbonyl (C=O) groups excluding carboxylic acids is 2. The molecular weight excluding hydrogens is 407 g/mol. The molecule has 6 nitrogen and oxygen atoms in total. The number of pyridine rings is 1. The van der Waals surface area contributed by atoms with E-state index in [0.29, 0.717) is 11.4 Å². The van der Waals surface area contributed by atoms with Crippen LogP contribution >= 0.6 is 11.6 Å². The van der Waals surface area contributed by atoms with Crippen LogP contribution in [0, 0.1) is 5.82 Å². The molecule has 156 valence electrons. The van der Waals surface area contributed by atoms with E-state index in [1.54, 1.807) is 27.3 Å². The van der Waals surface area contributed by atoms with E-state index >= 15 is 0 Å². The second-order valence-electron chi connectivity index (χ2n) is 7.15. The van der Waals surface area contributed by atoms with E-state index in [0.717, 1.165) is 16.3 Å². The molecule has 0 aliphatic rings. The van der Waals surface area contributed by atoms with Crippen LogP contribution in [0.1, 0.15) is 29.0 Å². The minimum atomic E-state index is -0.554. The van der Waals surface area contributed by atoms with E-state index in [1.807, 2.05) is 31.2 Å². The third-order valence-electron chi connectivity index (χ3n) is 4.96.